The van der Waals surface area contributed by atoms with Crippen LogP contribution in [0, 0.1) is 3.57 Å². The molecule has 0 aliphatic heterocycles. The summed E-state index contributed by atoms with van der Waals surface area (Å²) in [7, 11) is 0. The molecular weight excluding hydrogens is 353 g/mol. The lowest BCUT2D eigenvalue weighted by molar-refractivity contribution is 0.0946. The van der Waals surface area contributed by atoms with Gasteiger partial charge in [-0.3, -0.25) is 4.79 Å². The summed E-state index contributed by atoms with van der Waals surface area (Å²) >= 11 is 2.15. The number of benzene rings is 2. The number of para-hydroxylation sites is 1. The Hall–Kier alpha value is -1.56. The number of carbonyl (C=O) groups excluding carboxylic acids is 1. The molecule has 98 valence electrons. The van der Waals surface area contributed by atoms with Gasteiger partial charge < -0.3 is 10.1 Å². The van der Waals surface area contributed by atoms with Gasteiger partial charge in [0.15, 0.2) is 0 Å². The number of carbonyl (C=O) groups is 1. The van der Waals surface area contributed by atoms with Gasteiger partial charge in [-0.15, -0.1) is 0 Å². The van der Waals surface area contributed by atoms with Crippen LogP contribution in [-0.2, 0) is 0 Å². The lowest BCUT2D eigenvalue weighted by Crippen LogP contribution is -2.28. The smallest absolute Gasteiger partial charge is 0.252 e. The number of hydrogen-bond acceptors (Lipinski definition) is 2. The monoisotopic (exact) mass is 367 g/mol. The van der Waals surface area contributed by atoms with Crippen molar-refractivity contribution in [2.45, 2.75) is 0 Å². The highest BCUT2D eigenvalue weighted by atomic mass is 127. The summed E-state index contributed by atoms with van der Waals surface area (Å²) in [6.07, 6.45) is 0. The normalized spacial score (nSPS) is 9.95. The minimum absolute atomic E-state index is 0.0679. The Balaban J connectivity index is 1.77. The summed E-state index contributed by atoms with van der Waals surface area (Å²) < 4.78 is 6.45. The highest BCUT2D eigenvalue weighted by Gasteiger charge is 2.07. The summed E-state index contributed by atoms with van der Waals surface area (Å²) in [4.78, 5) is 11.9. The molecule has 0 spiro atoms. The minimum Gasteiger partial charge on any atom is -0.492 e. The third-order valence-electron chi connectivity index (χ3n) is 2.52. The number of halogens is 1. The zero-order chi connectivity index (χ0) is 13.5. The quantitative estimate of drug-likeness (QED) is 0.652. The summed E-state index contributed by atoms with van der Waals surface area (Å²) in [6, 6.07) is 17.1. The second kappa shape index (κ2) is 7.13. The maximum atomic E-state index is 11.9. The molecule has 3 nitrogen and oxygen atoms in total. The predicted molar refractivity (Wildman–Crippen MR) is 83.4 cm³/mol. The molecule has 4 heteroatoms. The van der Waals surface area contributed by atoms with Crippen molar-refractivity contribution < 1.29 is 9.53 Å². The van der Waals surface area contributed by atoms with Crippen molar-refractivity contribution in [3.05, 3.63) is 63.7 Å². The first-order valence-electron chi connectivity index (χ1n) is 5.98. The molecule has 0 heterocycles. The summed E-state index contributed by atoms with van der Waals surface area (Å²) in [5.74, 6) is 0.743. The van der Waals surface area contributed by atoms with Crippen LogP contribution in [0.25, 0.3) is 0 Å². The van der Waals surface area contributed by atoms with Gasteiger partial charge in [0.05, 0.1) is 12.1 Å². The third-order valence-corrected chi connectivity index (χ3v) is 3.46. The number of nitrogens with one attached hydrogen (secondary N) is 1. The Morgan fingerprint density at radius 3 is 2.47 bits per heavy atom. The second-order valence-corrected chi connectivity index (χ2v) is 5.06. The van der Waals surface area contributed by atoms with Gasteiger partial charge in [0.25, 0.3) is 5.91 Å². The highest BCUT2D eigenvalue weighted by molar-refractivity contribution is 14.1. The highest BCUT2D eigenvalue weighted by Crippen LogP contribution is 2.11. The topological polar surface area (TPSA) is 38.3 Å². The molecule has 0 saturated heterocycles. The zero-order valence-corrected chi connectivity index (χ0v) is 12.5. The molecule has 0 saturated carbocycles. The maximum absolute atomic E-state index is 11.9. The van der Waals surface area contributed by atoms with Crippen LogP contribution in [0.2, 0.25) is 0 Å². The SMILES string of the molecule is O=C(NCCOc1ccccc1)c1ccccc1I. The molecule has 0 radical (unpaired) electrons. The number of amides is 1. The van der Waals surface area contributed by atoms with E-state index in [1.807, 2.05) is 54.6 Å². The molecule has 0 bridgehead atoms. The summed E-state index contributed by atoms with van der Waals surface area (Å²) in [5, 5.41) is 2.84. The van der Waals surface area contributed by atoms with E-state index in [1.54, 1.807) is 0 Å². The standard InChI is InChI=1S/C15H14INO2/c16-14-9-5-4-8-13(14)15(18)17-10-11-19-12-6-2-1-3-7-12/h1-9H,10-11H2,(H,17,18). The van der Waals surface area contributed by atoms with Crippen LogP contribution in [0.3, 0.4) is 0 Å². The largest absolute Gasteiger partial charge is 0.492 e. The summed E-state index contributed by atoms with van der Waals surface area (Å²) in [6.45, 7) is 0.942. The minimum atomic E-state index is -0.0679. The molecule has 0 aliphatic carbocycles. The van der Waals surface area contributed by atoms with Gasteiger partial charge >= 0.3 is 0 Å². The Labute approximate surface area is 126 Å². The molecule has 19 heavy (non-hydrogen) atoms. The third kappa shape index (κ3) is 4.24. The van der Waals surface area contributed by atoms with E-state index in [4.69, 9.17) is 4.74 Å². The van der Waals surface area contributed by atoms with Crippen molar-refractivity contribution in [3.8, 4) is 5.75 Å². The van der Waals surface area contributed by atoms with Crippen LogP contribution in [0.5, 0.6) is 5.75 Å². The first kappa shape index (κ1) is 13.9. The fourth-order valence-corrected chi connectivity index (χ4v) is 2.22. The summed E-state index contributed by atoms with van der Waals surface area (Å²) in [5.41, 5.74) is 0.697. The molecule has 2 rings (SSSR count). The Morgan fingerprint density at radius 2 is 1.74 bits per heavy atom. The lowest BCUT2D eigenvalue weighted by atomic mass is 10.2. The van der Waals surface area contributed by atoms with Gasteiger partial charge in [0, 0.05) is 3.57 Å². The molecule has 0 atom stereocenters. The van der Waals surface area contributed by atoms with Crippen molar-refractivity contribution in [3.63, 3.8) is 0 Å². The van der Waals surface area contributed by atoms with E-state index in [-0.39, 0.29) is 5.91 Å². The van der Waals surface area contributed by atoms with Gasteiger partial charge in [-0.2, -0.15) is 0 Å². The molecule has 0 aromatic heterocycles. The molecule has 0 unspecified atom stereocenters. The molecular formula is C15H14INO2. The molecule has 2 aromatic carbocycles. The average Bonchev–Trinajstić information content (AvgIpc) is 2.45. The zero-order valence-electron chi connectivity index (χ0n) is 10.3. The van der Waals surface area contributed by atoms with Gasteiger partial charge in [0.1, 0.15) is 12.4 Å². The second-order valence-electron chi connectivity index (χ2n) is 3.90. The van der Waals surface area contributed by atoms with E-state index in [0.717, 1.165) is 9.32 Å². The predicted octanol–water partition coefficient (Wildman–Crippen LogP) is 3.10. The Bertz CT molecular complexity index is 543. The average molecular weight is 367 g/mol. The van der Waals surface area contributed by atoms with E-state index in [9.17, 15) is 4.79 Å². The van der Waals surface area contributed by atoms with Gasteiger partial charge in [-0.05, 0) is 46.9 Å². The molecule has 1 amide bonds. The van der Waals surface area contributed by atoms with E-state index < -0.39 is 0 Å². The van der Waals surface area contributed by atoms with Crippen molar-refractivity contribution in [2.75, 3.05) is 13.2 Å². The Morgan fingerprint density at radius 1 is 1.05 bits per heavy atom. The molecule has 2 aromatic rings. The van der Waals surface area contributed by atoms with Gasteiger partial charge in [0.2, 0.25) is 0 Å². The van der Waals surface area contributed by atoms with Crippen molar-refractivity contribution in [2.24, 2.45) is 0 Å². The molecule has 0 fully saturated rings. The maximum Gasteiger partial charge on any atom is 0.252 e. The van der Waals surface area contributed by atoms with Crippen LogP contribution in [0.15, 0.2) is 54.6 Å². The number of hydrogen-bond donors (Lipinski definition) is 1. The van der Waals surface area contributed by atoms with Gasteiger partial charge in [-0.1, -0.05) is 30.3 Å². The fourth-order valence-electron chi connectivity index (χ4n) is 1.59. The van der Waals surface area contributed by atoms with Crippen LogP contribution in [0.4, 0.5) is 0 Å². The Kier molecular flexibility index (Phi) is 5.20. The lowest BCUT2D eigenvalue weighted by Gasteiger charge is -2.08. The van der Waals surface area contributed by atoms with Crippen molar-refractivity contribution in [1.29, 1.82) is 0 Å². The number of ether oxygens (including phenoxy) is 1. The van der Waals surface area contributed by atoms with Crippen molar-refractivity contribution in [1.82, 2.24) is 5.32 Å². The first-order chi connectivity index (χ1) is 9.27. The van der Waals surface area contributed by atoms with Crippen LogP contribution >= 0.6 is 22.6 Å². The van der Waals surface area contributed by atoms with Crippen LogP contribution in [0.1, 0.15) is 10.4 Å². The van der Waals surface area contributed by atoms with E-state index >= 15 is 0 Å². The van der Waals surface area contributed by atoms with E-state index in [0.29, 0.717) is 18.7 Å². The van der Waals surface area contributed by atoms with Crippen molar-refractivity contribution >= 4 is 28.5 Å². The van der Waals surface area contributed by atoms with E-state index in [1.165, 1.54) is 0 Å². The van der Waals surface area contributed by atoms with E-state index in [2.05, 4.69) is 27.9 Å². The van der Waals surface area contributed by atoms with Crippen LogP contribution in [-0.4, -0.2) is 19.1 Å². The first-order valence-corrected chi connectivity index (χ1v) is 7.06. The molecule has 1 N–H and O–H groups in total. The number of rotatable bonds is 5. The fraction of sp³-hybridized carbons (Fsp3) is 0.133. The molecule has 0 aliphatic rings. The van der Waals surface area contributed by atoms with Crippen LogP contribution < -0.4 is 10.1 Å². The van der Waals surface area contributed by atoms with Gasteiger partial charge in [-0.25, -0.2) is 0 Å².